The van der Waals surface area contributed by atoms with Gasteiger partial charge in [-0.05, 0) is 29.8 Å². The maximum atomic E-state index is 12.5. The van der Waals surface area contributed by atoms with Crippen molar-refractivity contribution in [3.63, 3.8) is 0 Å². The molecular formula is C20H22Cl2N2O2S. The first kappa shape index (κ1) is 20.2. The highest BCUT2D eigenvalue weighted by atomic mass is 35.5. The highest BCUT2D eigenvalue weighted by molar-refractivity contribution is 7.99. The Kier molecular flexibility index (Phi) is 7.16. The third-order valence-corrected chi connectivity index (χ3v) is 6.26. The molecule has 144 valence electrons. The van der Waals surface area contributed by atoms with Gasteiger partial charge in [0.2, 0.25) is 5.91 Å². The van der Waals surface area contributed by atoms with Gasteiger partial charge < -0.3 is 14.5 Å². The van der Waals surface area contributed by atoms with Crippen LogP contribution in [0.25, 0.3) is 0 Å². The second-order valence-electron chi connectivity index (χ2n) is 6.28. The van der Waals surface area contributed by atoms with Crippen LogP contribution in [0.5, 0.6) is 5.75 Å². The fourth-order valence-electron chi connectivity index (χ4n) is 3.06. The summed E-state index contributed by atoms with van der Waals surface area (Å²) >= 11 is 13.6. The van der Waals surface area contributed by atoms with Gasteiger partial charge in [-0.15, -0.1) is 11.8 Å². The normalized spacial score (nSPS) is 14.3. The molecule has 2 aromatic carbocycles. The zero-order valence-corrected chi connectivity index (χ0v) is 17.5. The van der Waals surface area contributed by atoms with Gasteiger partial charge in [-0.3, -0.25) is 4.79 Å². The van der Waals surface area contributed by atoms with E-state index in [1.165, 1.54) is 0 Å². The van der Waals surface area contributed by atoms with E-state index in [4.69, 9.17) is 27.9 Å². The number of anilines is 1. The van der Waals surface area contributed by atoms with Crippen molar-refractivity contribution in [2.24, 2.45) is 0 Å². The lowest BCUT2D eigenvalue weighted by atomic mass is 10.2. The highest BCUT2D eigenvalue weighted by Crippen LogP contribution is 2.28. The molecule has 1 amide bonds. The van der Waals surface area contributed by atoms with Crippen molar-refractivity contribution in [2.45, 2.75) is 5.75 Å². The SMILES string of the molecule is COc1ccccc1N1CCN(C(=O)CSCc2ccc(Cl)c(Cl)c2)CC1. The number of hydrogen-bond donors (Lipinski definition) is 0. The van der Waals surface area contributed by atoms with E-state index in [9.17, 15) is 4.79 Å². The van der Waals surface area contributed by atoms with Crippen LogP contribution in [0, 0.1) is 0 Å². The maximum absolute atomic E-state index is 12.5. The Hall–Kier alpha value is -1.56. The van der Waals surface area contributed by atoms with Gasteiger partial charge in [0.25, 0.3) is 0 Å². The van der Waals surface area contributed by atoms with Gasteiger partial charge in [0, 0.05) is 31.9 Å². The molecule has 0 bridgehead atoms. The smallest absolute Gasteiger partial charge is 0.232 e. The van der Waals surface area contributed by atoms with E-state index in [-0.39, 0.29) is 5.91 Å². The molecule has 0 N–H and O–H groups in total. The average molecular weight is 425 g/mol. The van der Waals surface area contributed by atoms with E-state index >= 15 is 0 Å². The van der Waals surface area contributed by atoms with Crippen LogP contribution in [0.15, 0.2) is 42.5 Å². The number of amides is 1. The summed E-state index contributed by atoms with van der Waals surface area (Å²) in [7, 11) is 1.68. The van der Waals surface area contributed by atoms with E-state index in [0.29, 0.717) is 15.8 Å². The number of rotatable bonds is 6. The molecule has 2 aromatic rings. The number of thioether (sulfide) groups is 1. The molecule has 1 aliphatic heterocycles. The van der Waals surface area contributed by atoms with Crippen LogP contribution in [-0.4, -0.2) is 49.8 Å². The first-order valence-electron chi connectivity index (χ1n) is 8.76. The van der Waals surface area contributed by atoms with Gasteiger partial charge >= 0.3 is 0 Å². The Morgan fingerprint density at radius 1 is 1.07 bits per heavy atom. The van der Waals surface area contributed by atoms with E-state index in [1.54, 1.807) is 24.9 Å². The largest absolute Gasteiger partial charge is 0.495 e. The number of halogens is 2. The molecule has 0 aliphatic carbocycles. The summed E-state index contributed by atoms with van der Waals surface area (Å²) in [5.41, 5.74) is 2.16. The average Bonchev–Trinajstić information content (AvgIpc) is 2.70. The molecule has 4 nitrogen and oxygen atoms in total. The standard InChI is InChI=1S/C20H22Cl2N2O2S/c1-26-19-5-3-2-4-18(19)23-8-10-24(11-9-23)20(25)14-27-13-15-6-7-16(21)17(22)12-15/h2-7,12H,8-11,13-14H2,1H3. The van der Waals surface area contributed by atoms with E-state index in [2.05, 4.69) is 11.0 Å². The van der Waals surface area contributed by atoms with E-state index in [0.717, 1.165) is 48.9 Å². The lowest BCUT2D eigenvalue weighted by Crippen LogP contribution is -2.49. The molecule has 1 saturated heterocycles. The molecule has 27 heavy (non-hydrogen) atoms. The predicted octanol–water partition coefficient (Wildman–Crippen LogP) is 4.58. The summed E-state index contributed by atoms with van der Waals surface area (Å²) in [6.45, 7) is 3.07. The van der Waals surface area contributed by atoms with Gasteiger partial charge in [0.05, 0.1) is 28.6 Å². The van der Waals surface area contributed by atoms with Crippen molar-refractivity contribution < 1.29 is 9.53 Å². The van der Waals surface area contributed by atoms with Gasteiger partial charge in [-0.2, -0.15) is 0 Å². The number of ether oxygens (including phenoxy) is 1. The minimum Gasteiger partial charge on any atom is -0.495 e. The minimum atomic E-state index is 0.180. The zero-order valence-electron chi connectivity index (χ0n) is 15.2. The zero-order chi connectivity index (χ0) is 19.2. The number of carbonyl (C=O) groups excluding carboxylic acids is 1. The van der Waals surface area contributed by atoms with Crippen molar-refractivity contribution >= 4 is 46.6 Å². The predicted molar refractivity (Wildman–Crippen MR) is 114 cm³/mol. The molecule has 1 heterocycles. The molecule has 0 aromatic heterocycles. The lowest BCUT2D eigenvalue weighted by molar-refractivity contribution is -0.128. The summed E-state index contributed by atoms with van der Waals surface area (Å²) in [6.07, 6.45) is 0. The summed E-state index contributed by atoms with van der Waals surface area (Å²) in [5, 5.41) is 1.10. The Balaban J connectivity index is 1.46. The summed E-state index contributed by atoms with van der Waals surface area (Å²) in [6, 6.07) is 13.6. The molecule has 0 spiro atoms. The summed E-state index contributed by atoms with van der Waals surface area (Å²) in [4.78, 5) is 16.7. The Morgan fingerprint density at radius 3 is 2.52 bits per heavy atom. The molecule has 0 atom stereocenters. The Labute approximate surface area is 174 Å². The number of para-hydroxylation sites is 2. The maximum Gasteiger partial charge on any atom is 0.232 e. The molecule has 1 aliphatic rings. The molecule has 0 radical (unpaired) electrons. The lowest BCUT2D eigenvalue weighted by Gasteiger charge is -2.36. The van der Waals surface area contributed by atoms with Crippen LogP contribution in [0.2, 0.25) is 10.0 Å². The van der Waals surface area contributed by atoms with Gasteiger partial charge in [0.15, 0.2) is 0 Å². The van der Waals surface area contributed by atoms with Crippen LogP contribution in [0.4, 0.5) is 5.69 Å². The summed E-state index contributed by atoms with van der Waals surface area (Å²) < 4.78 is 5.44. The van der Waals surface area contributed by atoms with Crippen molar-refractivity contribution in [1.82, 2.24) is 4.90 Å². The van der Waals surface area contributed by atoms with Gasteiger partial charge in [0.1, 0.15) is 5.75 Å². The van der Waals surface area contributed by atoms with Crippen molar-refractivity contribution in [2.75, 3.05) is 43.9 Å². The van der Waals surface area contributed by atoms with E-state index in [1.807, 2.05) is 35.2 Å². The Bertz CT molecular complexity index is 795. The van der Waals surface area contributed by atoms with Crippen LogP contribution >= 0.6 is 35.0 Å². The summed E-state index contributed by atoms with van der Waals surface area (Å²) in [5.74, 6) is 2.26. The van der Waals surface area contributed by atoms with Crippen LogP contribution < -0.4 is 9.64 Å². The second kappa shape index (κ2) is 9.58. The number of hydrogen-bond acceptors (Lipinski definition) is 4. The van der Waals surface area contributed by atoms with Crippen LogP contribution in [0.1, 0.15) is 5.56 Å². The first-order chi connectivity index (χ1) is 13.1. The second-order valence-corrected chi connectivity index (χ2v) is 8.08. The molecule has 3 rings (SSSR count). The monoisotopic (exact) mass is 424 g/mol. The molecule has 0 unspecified atom stereocenters. The van der Waals surface area contributed by atoms with Crippen molar-refractivity contribution in [1.29, 1.82) is 0 Å². The molecule has 7 heteroatoms. The topological polar surface area (TPSA) is 32.8 Å². The Morgan fingerprint density at radius 2 is 1.81 bits per heavy atom. The fourth-order valence-corrected chi connectivity index (χ4v) is 4.26. The van der Waals surface area contributed by atoms with Crippen molar-refractivity contribution in [3.8, 4) is 5.75 Å². The number of methoxy groups -OCH3 is 1. The number of carbonyl (C=O) groups is 1. The van der Waals surface area contributed by atoms with Crippen LogP contribution in [-0.2, 0) is 10.5 Å². The van der Waals surface area contributed by atoms with E-state index < -0.39 is 0 Å². The van der Waals surface area contributed by atoms with Gasteiger partial charge in [-0.1, -0.05) is 41.4 Å². The first-order valence-corrected chi connectivity index (χ1v) is 10.7. The number of nitrogens with zero attached hydrogens (tertiary/aromatic N) is 2. The highest BCUT2D eigenvalue weighted by Gasteiger charge is 2.22. The number of benzene rings is 2. The fraction of sp³-hybridized carbons (Fsp3) is 0.350. The molecular weight excluding hydrogens is 403 g/mol. The molecule has 0 saturated carbocycles. The quantitative estimate of drug-likeness (QED) is 0.678. The van der Waals surface area contributed by atoms with Crippen molar-refractivity contribution in [3.05, 3.63) is 58.1 Å². The third kappa shape index (κ3) is 5.24. The van der Waals surface area contributed by atoms with Crippen LogP contribution in [0.3, 0.4) is 0 Å². The number of piperazine rings is 1. The van der Waals surface area contributed by atoms with Gasteiger partial charge in [-0.25, -0.2) is 0 Å². The third-order valence-electron chi connectivity index (χ3n) is 4.54. The minimum absolute atomic E-state index is 0.180. The molecule has 1 fully saturated rings.